The lowest BCUT2D eigenvalue weighted by atomic mass is 9.93. The van der Waals surface area contributed by atoms with Crippen molar-refractivity contribution >= 4 is 11.6 Å². The molecule has 19 heavy (non-hydrogen) atoms. The third kappa shape index (κ3) is 3.51. The number of hydrogen-bond donors (Lipinski definition) is 2. The Bertz CT molecular complexity index is 481. The zero-order valence-corrected chi connectivity index (χ0v) is 10.4. The summed E-state index contributed by atoms with van der Waals surface area (Å²) in [7, 11) is 0. The Morgan fingerprint density at radius 1 is 1.32 bits per heavy atom. The molecule has 1 aliphatic carbocycles. The van der Waals surface area contributed by atoms with Crippen molar-refractivity contribution in [3.05, 3.63) is 39.9 Å². The molecule has 0 unspecified atom stereocenters. The van der Waals surface area contributed by atoms with E-state index < -0.39 is 4.92 Å². The fraction of sp³-hybridized carbons (Fsp3) is 0.462. The average Bonchev–Trinajstić information content (AvgIpc) is 2.41. The number of hydrogen-bond acceptors (Lipinski definition) is 4. The number of aliphatic hydroxyl groups excluding tert-OH is 1. The minimum atomic E-state index is -0.520. The second-order valence-corrected chi connectivity index (χ2v) is 4.79. The zero-order chi connectivity index (χ0) is 13.8. The van der Waals surface area contributed by atoms with Crippen LogP contribution < -0.4 is 5.32 Å². The number of nitro groups is 1. The van der Waals surface area contributed by atoms with Gasteiger partial charge in [-0.2, -0.15) is 0 Å². The fourth-order valence-electron chi connectivity index (χ4n) is 2.25. The number of carbonyl (C=O) groups is 1. The van der Waals surface area contributed by atoms with Crippen LogP contribution >= 0.6 is 0 Å². The number of nitrogens with one attached hydrogen (secondary N) is 1. The lowest BCUT2D eigenvalue weighted by molar-refractivity contribution is -0.384. The van der Waals surface area contributed by atoms with E-state index in [0.717, 1.165) is 12.8 Å². The second-order valence-electron chi connectivity index (χ2n) is 4.79. The maximum atomic E-state index is 12.0. The van der Waals surface area contributed by atoms with Gasteiger partial charge in [0.15, 0.2) is 0 Å². The van der Waals surface area contributed by atoms with Crippen molar-refractivity contribution in [2.24, 2.45) is 0 Å². The highest BCUT2D eigenvalue weighted by molar-refractivity contribution is 5.95. The van der Waals surface area contributed by atoms with Crippen molar-refractivity contribution in [1.29, 1.82) is 0 Å². The summed E-state index contributed by atoms with van der Waals surface area (Å²) in [5.74, 6) is -0.301. The molecule has 1 aliphatic rings. The lowest BCUT2D eigenvalue weighted by Crippen LogP contribution is -2.38. The predicted octanol–water partition coefficient (Wildman–Crippen LogP) is 1.63. The first kappa shape index (κ1) is 13.5. The molecule has 0 bridgehead atoms. The van der Waals surface area contributed by atoms with E-state index in [1.54, 1.807) is 6.07 Å². The predicted molar refractivity (Wildman–Crippen MR) is 68.8 cm³/mol. The normalized spacial score (nSPS) is 22.8. The summed E-state index contributed by atoms with van der Waals surface area (Å²) in [6, 6.07) is 5.72. The van der Waals surface area contributed by atoms with Crippen LogP contribution in [0.1, 0.15) is 36.0 Å². The number of nitrogens with zero attached hydrogens (tertiary/aromatic N) is 1. The Balaban J connectivity index is 2.00. The van der Waals surface area contributed by atoms with Crippen LogP contribution in [0.15, 0.2) is 24.3 Å². The van der Waals surface area contributed by atoms with E-state index in [9.17, 15) is 20.0 Å². The number of nitro benzene ring substituents is 1. The molecule has 1 amide bonds. The van der Waals surface area contributed by atoms with Gasteiger partial charge in [0.2, 0.25) is 0 Å². The van der Waals surface area contributed by atoms with Crippen molar-refractivity contribution in [2.75, 3.05) is 0 Å². The molecular weight excluding hydrogens is 248 g/mol. The van der Waals surface area contributed by atoms with Crippen LogP contribution in [0.4, 0.5) is 5.69 Å². The Hall–Kier alpha value is -1.95. The van der Waals surface area contributed by atoms with Crippen LogP contribution in [0.2, 0.25) is 0 Å². The molecule has 0 atom stereocenters. The Kier molecular flexibility index (Phi) is 4.11. The molecule has 6 nitrogen and oxygen atoms in total. The number of rotatable bonds is 3. The molecule has 0 heterocycles. The van der Waals surface area contributed by atoms with Gasteiger partial charge in [0.25, 0.3) is 11.6 Å². The van der Waals surface area contributed by atoms with Crippen molar-refractivity contribution in [3.63, 3.8) is 0 Å². The monoisotopic (exact) mass is 264 g/mol. The van der Waals surface area contributed by atoms with E-state index in [0.29, 0.717) is 18.4 Å². The van der Waals surface area contributed by atoms with E-state index in [4.69, 9.17) is 0 Å². The third-order valence-corrected chi connectivity index (χ3v) is 3.35. The topological polar surface area (TPSA) is 92.5 Å². The van der Waals surface area contributed by atoms with Gasteiger partial charge >= 0.3 is 0 Å². The van der Waals surface area contributed by atoms with Crippen molar-refractivity contribution in [2.45, 2.75) is 37.8 Å². The SMILES string of the molecule is O=C(NC1CCC(O)CC1)c1cccc([N+](=O)[O-])c1. The van der Waals surface area contributed by atoms with E-state index >= 15 is 0 Å². The van der Waals surface area contributed by atoms with Gasteiger partial charge in [0, 0.05) is 23.7 Å². The van der Waals surface area contributed by atoms with Gasteiger partial charge in [-0.05, 0) is 31.7 Å². The Morgan fingerprint density at radius 2 is 2.00 bits per heavy atom. The van der Waals surface area contributed by atoms with Crippen LogP contribution in [0.3, 0.4) is 0 Å². The van der Waals surface area contributed by atoms with E-state index in [1.807, 2.05) is 0 Å². The minimum Gasteiger partial charge on any atom is -0.393 e. The fourth-order valence-corrected chi connectivity index (χ4v) is 2.25. The number of carbonyl (C=O) groups excluding carboxylic acids is 1. The highest BCUT2D eigenvalue weighted by atomic mass is 16.6. The first-order valence-corrected chi connectivity index (χ1v) is 6.29. The van der Waals surface area contributed by atoms with Gasteiger partial charge in [-0.25, -0.2) is 0 Å². The van der Waals surface area contributed by atoms with Crippen molar-refractivity contribution < 1.29 is 14.8 Å². The van der Waals surface area contributed by atoms with Crippen LogP contribution in [-0.4, -0.2) is 28.1 Å². The van der Waals surface area contributed by atoms with Crippen LogP contribution in [-0.2, 0) is 0 Å². The number of non-ortho nitro benzene ring substituents is 1. The molecule has 1 aromatic carbocycles. The summed E-state index contributed by atoms with van der Waals surface area (Å²) in [5, 5.41) is 22.9. The average molecular weight is 264 g/mol. The molecule has 0 aliphatic heterocycles. The van der Waals surface area contributed by atoms with Crippen LogP contribution in [0.5, 0.6) is 0 Å². The van der Waals surface area contributed by atoms with Crippen molar-refractivity contribution in [3.8, 4) is 0 Å². The number of amides is 1. The first-order valence-electron chi connectivity index (χ1n) is 6.29. The molecule has 0 radical (unpaired) electrons. The standard InChI is InChI=1S/C13H16N2O4/c16-12-6-4-10(5-7-12)14-13(17)9-2-1-3-11(8-9)15(18)19/h1-3,8,10,12,16H,4-7H2,(H,14,17). The van der Waals surface area contributed by atoms with Crippen molar-refractivity contribution in [1.82, 2.24) is 5.32 Å². The van der Waals surface area contributed by atoms with Gasteiger partial charge in [-0.1, -0.05) is 6.07 Å². The molecule has 0 spiro atoms. The van der Waals surface area contributed by atoms with E-state index in [-0.39, 0.29) is 23.7 Å². The second kappa shape index (κ2) is 5.79. The molecule has 1 aromatic rings. The molecule has 2 rings (SSSR count). The smallest absolute Gasteiger partial charge is 0.270 e. The highest BCUT2D eigenvalue weighted by Gasteiger charge is 2.21. The Labute approximate surface area is 110 Å². The molecule has 6 heteroatoms. The molecule has 2 N–H and O–H groups in total. The van der Waals surface area contributed by atoms with Crippen LogP contribution in [0.25, 0.3) is 0 Å². The molecule has 102 valence electrons. The maximum absolute atomic E-state index is 12.0. The highest BCUT2D eigenvalue weighted by Crippen LogP contribution is 2.19. The Morgan fingerprint density at radius 3 is 2.63 bits per heavy atom. The van der Waals surface area contributed by atoms with Gasteiger partial charge < -0.3 is 10.4 Å². The number of aliphatic hydroxyl groups is 1. The molecule has 0 saturated heterocycles. The van der Waals surface area contributed by atoms with Gasteiger partial charge in [0.05, 0.1) is 11.0 Å². The summed E-state index contributed by atoms with van der Waals surface area (Å²) in [6.07, 6.45) is 2.56. The van der Waals surface area contributed by atoms with E-state index in [1.165, 1.54) is 18.2 Å². The minimum absolute atomic E-state index is 0.0372. The molecule has 1 saturated carbocycles. The summed E-state index contributed by atoms with van der Waals surface area (Å²) < 4.78 is 0. The number of benzene rings is 1. The van der Waals surface area contributed by atoms with Gasteiger partial charge in [0.1, 0.15) is 0 Å². The summed E-state index contributed by atoms with van der Waals surface area (Å²) >= 11 is 0. The zero-order valence-electron chi connectivity index (χ0n) is 10.4. The summed E-state index contributed by atoms with van der Waals surface area (Å²) in [5.41, 5.74) is 0.201. The lowest BCUT2D eigenvalue weighted by Gasteiger charge is -2.26. The van der Waals surface area contributed by atoms with Gasteiger partial charge in [-0.3, -0.25) is 14.9 Å². The molecule has 1 fully saturated rings. The molecular formula is C13H16N2O4. The maximum Gasteiger partial charge on any atom is 0.270 e. The van der Waals surface area contributed by atoms with Crippen LogP contribution in [0, 0.1) is 10.1 Å². The van der Waals surface area contributed by atoms with Gasteiger partial charge in [-0.15, -0.1) is 0 Å². The quantitative estimate of drug-likeness (QED) is 0.641. The van der Waals surface area contributed by atoms with E-state index in [2.05, 4.69) is 5.32 Å². The third-order valence-electron chi connectivity index (χ3n) is 3.35. The largest absolute Gasteiger partial charge is 0.393 e. The summed E-state index contributed by atoms with van der Waals surface area (Å²) in [6.45, 7) is 0. The summed E-state index contributed by atoms with van der Waals surface area (Å²) in [4.78, 5) is 22.1. The first-order chi connectivity index (χ1) is 9.06. The molecule has 0 aromatic heterocycles.